The molecule has 0 radical (unpaired) electrons. The molecule has 0 bridgehead atoms. The van der Waals surface area contributed by atoms with Gasteiger partial charge in [-0.15, -0.1) is 0 Å². The quantitative estimate of drug-likeness (QED) is 0.140. The molecule has 0 N–H and O–H groups in total. The van der Waals surface area contributed by atoms with E-state index in [-0.39, 0.29) is 5.92 Å². The third kappa shape index (κ3) is 3.38. The lowest BCUT2D eigenvalue weighted by Crippen LogP contribution is -2.08. The van der Waals surface area contributed by atoms with Gasteiger partial charge in [0.1, 0.15) is 5.75 Å². The number of ether oxygens (including phenoxy) is 1. The summed E-state index contributed by atoms with van der Waals surface area (Å²) in [4.78, 5) is 12.5. The molecule has 0 saturated heterocycles. The Bertz CT molecular complexity index is 1890. The summed E-state index contributed by atoms with van der Waals surface area (Å²) in [6.07, 6.45) is 1.22. The molecule has 0 aliphatic heterocycles. The molecule has 6 aromatic rings. The van der Waals surface area contributed by atoms with E-state index in [1.807, 2.05) is 6.07 Å². The SMILES string of the molecule is C=CC(=O)Oc1ccc2c(c1-c1cccc3ccccc13)C(c1cccc3ccccc13)c1ccccc1-2. The predicted octanol–water partition coefficient (Wildman–Crippen LogP) is 8.91. The Morgan fingerprint density at radius 2 is 1.21 bits per heavy atom. The first kappa shape index (κ1) is 22.3. The fourth-order valence-electron chi connectivity index (χ4n) is 6.07. The summed E-state index contributed by atoms with van der Waals surface area (Å²) in [6.45, 7) is 3.64. The standard InChI is InChI=1S/C36H24O2/c1-2-33(37)38-32-22-21-31-27-17-7-8-18-30(27)34(28-19-9-13-23-11-3-5-15-25(23)28)36(31)35(32)29-20-10-14-24-12-4-6-16-26(24)29/h2-22,34H,1H2. The number of esters is 1. The van der Waals surface area contributed by atoms with Gasteiger partial charge in [0, 0.05) is 17.6 Å². The molecule has 1 aliphatic carbocycles. The van der Waals surface area contributed by atoms with Crippen LogP contribution in [0.5, 0.6) is 5.75 Å². The molecular formula is C36H24O2. The van der Waals surface area contributed by atoms with Gasteiger partial charge in [-0.25, -0.2) is 4.79 Å². The first-order chi connectivity index (χ1) is 18.7. The Labute approximate surface area is 221 Å². The van der Waals surface area contributed by atoms with Crippen LogP contribution in [0.25, 0.3) is 43.8 Å². The minimum absolute atomic E-state index is 0.0244. The molecule has 180 valence electrons. The number of hydrogen-bond donors (Lipinski definition) is 0. The summed E-state index contributed by atoms with van der Waals surface area (Å²) in [5.74, 6) is 0.0513. The zero-order chi connectivity index (χ0) is 25.6. The second kappa shape index (κ2) is 8.86. The molecule has 0 heterocycles. The third-order valence-corrected chi connectivity index (χ3v) is 7.63. The molecule has 0 aromatic heterocycles. The van der Waals surface area contributed by atoms with Crippen molar-refractivity contribution >= 4 is 27.5 Å². The summed E-state index contributed by atoms with van der Waals surface area (Å²) in [5.41, 5.74) is 8.03. The lowest BCUT2D eigenvalue weighted by Gasteiger charge is -2.22. The molecule has 0 saturated carbocycles. The second-order valence-corrected chi connectivity index (χ2v) is 9.64. The Hall–Kier alpha value is -4.95. The normalized spacial score (nSPS) is 13.7. The topological polar surface area (TPSA) is 26.3 Å². The van der Waals surface area contributed by atoms with Crippen LogP contribution in [-0.2, 0) is 4.79 Å². The lowest BCUT2D eigenvalue weighted by molar-refractivity contribution is -0.128. The van der Waals surface area contributed by atoms with E-state index in [4.69, 9.17) is 4.74 Å². The van der Waals surface area contributed by atoms with Crippen LogP contribution in [0.2, 0.25) is 0 Å². The highest BCUT2D eigenvalue weighted by Crippen LogP contribution is 2.55. The van der Waals surface area contributed by atoms with E-state index in [2.05, 4.69) is 122 Å². The van der Waals surface area contributed by atoms with Gasteiger partial charge in [0.2, 0.25) is 0 Å². The van der Waals surface area contributed by atoms with Crippen molar-refractivity contribution in [2.75, 3.05) is 0 Å². The average molecular weight is 489 g/mol. The number of rotatable bonds is 4. The highest BCUT2D eigenvalue weighted by atomic mass is 16.5. The number of hydrogen-bond acceptors (Lipinski definition) is 2. The van der Waals surface area contributed by atoms with Crippen LogP contribution in [0.3, 0.4) is 0 Å². The van der Waals surface area contributed by atoms with E-state index in [1.165, 1.54) is 39.1 Å². The van der Waals surface area contributed by atoms with Crippen molar-refractivity contribution in [1.82, 2.24) is 0 Å². The second-order valence-electron chi connectivity index (χ2n) is 9.64. The van der Waals surface area contributed by atoms with Gasteiger partial charge in [0.05, 0.1) is 0 Å². The largest absolute Gasteiger partial charge is 0.423 e. The van der Waals surface area contributed by atoms with Gasteiger partial charge in [-0.05, 0) is 61.0 Å². The summed E-state index contributed by atoms with van der Waals surface area (Å²) < 4.78 is 5.94. The van der Waals surface area contributed by atoms with Crippen molar-refractivity contribution in [2.45, 2.75) is 5.92 Å². The molecule has 0 fully saturated rings. The Kier molecular flexibility index (Phi) is 5.19. The Balaban J connectivity index is 1.62. The van der Waals surface area contributed by atoms with Crippen molar-refractivity contribution in [3.8, 4) is 28.0 Å². The van der Waals surface area contributed by atoms with Crippen LogP contribution >= 0.6 is 0 Å². The summed E-state index contributed by atoms with van der Waals surface area (Å²) in [7, 11) is 0. The number of fused-ring (bicyclic) bond motifs is 5. The molecule has 0 spiro atoms. The fraction of sp³-hybridized carbons (Fsp3) is 0.0278. The molecular weight excluding hydrogens is 464 g/mol. The van der Waals surface area contributed by atoms with Crippen LogP contribution in [0.4, 0.5) is 0 Å². The predicted molar refractivity (Wildman–Crippen MR) is 156 cm³/mol. The minimum atomic E-state index is -0.469. The minimum Gasteiger partial charge on any atom is -0.423 e. The fourth-order valence-corrected chi connectivity index (χ4v) is 6.07. The van der Waals surface area contributed by atoms with E-state index < -0.39 is 5.97 Å². The lowest BCUT2D eigenvalue weighted by atomic mass is 9.82. The maximum Gasteiger partial charge on any atom is 0.335 e. The van der Waals surface area contributed by atoms with E-state index in [1.54, 1.807) is 0 Å². The van der Waals surface area contributed by atoms with Gasteiger partial charge in [0.15, 0.2) is 0 Å². The average Bonchev–Trinajstić information content (AvgIpc) is 3.30. The van der Waals surface area contributed by atoms with Crippen molar-refractivity contribution in [2.24, 2.45) is 0 Å². The van der Waals surface area contributed by atoms with Crippen LogP contribution in [0.1, 0.15) is 22.6 Å². The van der Waals surface area contributed by atoms with Crippen molar-refractivity contribution in [3.05, 3.63) is 151 Å². The van der Waals surface area contributed by atoms with Gasteiger partial charge in [-0.1, -0.05) is 122 Å². The summed E-state index contributed by atoms with van der Waals surface area (Å²) in [5, 5.41) is 4.68. The molecule has 1 atom stereocenters. The molecule has 6 aromatic carbocycles. The van der Waals surface area contributed by atoms with Gasteiger partial charge in [0.25, 0.3) is 0 Å². The van der Waals surface area contributed by atoms with Gasteiger partial charge in [-0.3, -0.25) is 0 Å². The molecule has 38 heavy (non-hydrogen) atoms. The maximum atomic E-state index is 12.5. The molecule has 2 heteroatoms. The van der Waals surface area contributed by atoms with Crippen LogP contribution in [0.15, 0.2) is 134 Å². The van der Waals surface area contributed by atoms with Crippen molar-refractivity contribution in [1.29, 1.82) is 0 Å². The summed E-state index contributed by atoms with van der Waals surface area (Å²) in [6, 6.07) is 42.4. The number of carbonyl (C=O) groups is 1. The van der Waals surface area contributed by atoms with E-state index in [9.17, 15) is 4.79 Å². The van der Waals surface area contributed by atoms with E-state index >= 15 is 0 Å². The zero-order valence-corrected chi connectivity index (χ0v) is 20.7. The van der Waals surface area contributed by atoms with Gasteiger partial charge >= 0.3 is 5.97 Å². The smallest absolute Gasteiger partial charge is 0.335 e. The van der Waals surface area contributed by atoms with E-state index in [0.717, 1.165) is 27.5 Å². The van der Waals surface area contributed by atoms with Crippen LogP contribution < -0.4 is 4.74 Å². The Morgan fingerprint density at radius 1 is 0.605 bits per heavy atom. The molecule has 1 unspecified atom stereocenters. The molecule has 2 nitrogen and oxygen atoms in total. The number of benzene rings is 6. The van der Waals surface area contributed by atoms with E-state index in [0.29, 0.717) is 5.75 Å². The summed E-state index contributed by atoms with van der Waals surface area (Å²) >= 11 is 0. The van der Waals surface area contributed by atoms with Crippen molar-refractivity contribution < 1.29 is 9.53 Å². The number of carbonyl (C=O) groups excluding carboxylic acids is 1. The highest BCUT2D eigenvalue weighted by molar-refractivity contribution is 6.03. The zero-order valence-electron chi connectivity index (χ0n) is 20.7. The molecule has 0 amide bonds. The Morgan fingerprint density at radius 3 is 2.03 bits per heavy atom. The molecule has 7 rings (SSSR count). The van der Waals surface area contributed by atoms with Gasteiger partial charge < -0.3 is 4.74 Å². The highest BCUT2D eigenvalue weighted by Gasteiger charge is 2.35. The monoisotopic (exact) mass is 488 g/mol. The van der Waals surface area contributed by atoms with Crippen molar-refractivity contribution in [3.63, 3.8) is 0 Å². The first-order valence-electron chi connectivity index (χ1n) is 12.8. The van der Waals surface area contributed by atoms with Crippen LogP contribution in [0, 0.1) is 0 Å². The van der Waals surface area contributed by atoms with Gasteiger partial charge in [-0.2, -0.15) is 0 Å². The molecule has 1 aliphatic rings. The third-order valence-electron chi connectivity index (χ3n) is 7.63. The first-order valence-corrected chi connectivity index (χ1v) is 12.8. The van der Waals surface area contributed by atoms with Crippen LogP contribution in [-0.4, -0.2) is 5.97 Å². The maximum absolute atomic E-state index is 12.5.